The van der Waals surface area contributed by atoms with Crippen LogP contribution in [0, 0.1) is 0 Å². The number of halogens is 1. The van der Waals surface area contributed by atoms with Gasteiger partial charge in [0, 0.05) is 10.9 Å². The van der Waals surface area contributed by atoms with Gasteiger partial charge in [-0.2, -0.15) is 0 Å². The van der Waals surface area contributed by atoms with E-state index in [1.807, 2.05) is 24.3 Å². The van der Waals surface area contributed by atoms with Gasteiger partial charge in [0.25, 0.3) is 0 Å². The van der Waals surface area contributed by atoms with Crippen molar-refractivity contribution in [3.05, 3.63) is 42.0 Å². The summed E-state index contributed by atoms with van der Waals surface area (Å²) in [6, 6.07) is 12.1. The molecule has 1 atom stereocenters. The van der Waals surface area contributed by atoms with Crippen LogP contribution in [0.4, 0.5) is 0 Å². The van der Waals surface area contributed by atoms with Gasteiger partial charge < -0.3 is 4.74 Å². The molecule has 1 fully saturated rings. The van der Waals surface area contributed by atoms with Crippen LogP contribution >= 0.6 is 15.9 Å². The minimum absolute atomic E-state index is 0.127. The number of hydrogen-bond donors (Lipinski definition) is 0. The Labute approximate surface area is 127 Å². The van der Waals surface area contributed by atoms with Gasteiger partial charge >= 0.3 is 0 Å². The van der Waals surface area contributed by atoms with Crippen LogP contribution in [-0.4, -0.2) is 26.0 Å². The van der Waals surface area contributed by atoms with Crippen molar-refractivity contribution in [1.29, 1.82) is 0 Å². The molecule has 5 heteroatoms. The Balaban J connectivity index is 1.96. The first-order chi connectivity index (χ1) is 9.59. The summed E-state index contributed by atoms with van der Waals surface area (Å²) in [5.41, 5.74) is 1.08. The second kappa shape index (κ2) is 5.37. The van der Waals surface area contributed by atoms with Crippen LogP contribution in [0.1, 0.15) is 12.0 Å². The number of benzene rings is 2. The van der Waals surface area contributed by atoms with Crippen molar-refractivity contribution in [2.75, 3.05) is 11.5 Å². The van der Waals surface area contributed by atoms with Crippen molar-refractivity contribution >= 4 is 36.5 Å². The Morgan fingerprint density at radius 2 is 2.00 bits per heavy atom. The first-order valence-electron chi connectivity index (χ1n) is 6.53. The normalized spacial score (nSPS) is 21.1. The lowest BCUT2D eigenvalue weighted by molar-refractivity contribution is 0.227. The minimum Gasteiger partial charge on any atom is -0.489 e. The minimum atomic E-state index is -2.91. The first-order valence-corrected chi connectivity index (χ1v) is 9.47. The second-order valence-electron chi connectivity index (χ2n) is 5.04. The number of sulfone groups is 1. The molecule has 106 valence electrons. The summed E-state index contributed by atoms with van der Waals surface area (Å²) in [5.74, 6) is 1.14. The lowest BCUT2D eigenvalue weighted by Crippen LogP contribution is -2.18. The van der Waals surface area contributed by atoms with Crippen LogP contribution in [0.2, 0.25) is 0 Å². The fraction of sp³-hybridized carbons (Fsp3) is 0.333. The first kappa shape index (κ1) is 13.9. The molecule has 1 heterocycles. The molecule has 3 rings (SSSR count). The van der Waals surface area contributed by atoms with Gasteiger partial charge in [0.05, 0.1) is 11.5 Å². The number of hydrogen-bond acceptors (Lipinski definition) is 3. The van der Waals surface area contributed by atoms with Crippen molar-refractivity contribution in [3.8, 4) is 5.75 Å². The maximum Gasteiger partial charge on any atom is 0.154 e. The van der Waals surface area contributed by atoms with Crippen LogP contribution in [-0.2, 0) is 15.2 Å². The summed E-state index contributed by atoms with van der Waals surface area (Å²) < 4.78 is 28.9. The average Bonchev–Trinajstić information content (AvgIpc) is 2.78. The van der Waals surface area contributed by atoms with E-state index in [2.05, 4.69) is 28.1 Å². The van der Waals surface area contributed by atoms with Gasteiger partial charge in [-0.25, -0.2) is 8.42 Å². The predicted octanol–water partition coefficient (Wildman–Crippen LogP) is 3.30. The third-order valence-electron chi connectivity index (χ3n) is 3.62. The molecule has 1 saturated heterocycles. The molecule has 0 saturated carbocycles. The van der Waals surface area contributed by atoms with E-state index in [0.717, 1.165) is 22.1 Å². The predicted molar refractivity (Wildman–Crippen MR) is 84.3 cm³/mol. The monoisotopic (exact) mass is 354 g/mol. The van der Waals surface area contributed by atoms with Crippen LogP contribution < -0.4 is 4.74 Å². The topological polar surface area (TPSA) is 43.4 Å². The molecule has 0 radical (unpaired) electrons. The highest BCUT2D eigenvalue weighted by Gasteiger charge is 2.29. The van der Waals surface area contributed by atoms with E-state index < -0.39 is 9.84 Å². The summed E-state index contributed by atoms with van der Waals surface area (Å²) >= 11 is 3.50. The van der Waals surface area contributed by atoms with Gasteiger partial charge in [-0.15, -0.1) is 0 Å². The Kier molecular flexibility index (Phi) is 3.73. The number of fused-ring (bicyclic) bond motifs is 1. The van der Waals surface area contributed by atoms with Crippen molar-refractivity contribution in [2.24, 2.45) is 0 Å². The van der Waals surface area contributed by atoms with Gasteiger partial charge in [0.1, 0.15) is 11.9 Å². The number of ether oxygens (including phenoxy) is 1. The summed E-state index contributed by atoms with van der Waals surface area (Å²) in [5, 5.41) is 2.99. The quantitative estimate of drug-likeness (QED) is 0.794. The van der Waals surface area contributed by atoms with Crippen molar-refractivity contribution in [2.45, 2.75) is 17.9 Å². The summed E-state index contributed by atoms with van der Waals surface area (Å²) in [6.07, 6.45) is 0.357. The second-order valence-corrected chi connectivity index (χ2v) is 7.83. The highest BCUT2D eigenvalue weighted by Crippen LogP contribution is 2.31. The zero-order valence-electron chi connectivity index (χ0n) is 10.9. The van der Waals surface area contributed by atoms with Gasteiger partial charge in [-0.3, -0.25) is 0 Å². The molecule has 0 N–H and O–H groups in total. The fourth-order valence-corrected chi connectivity index (χ4v) is 4.77. The smallest absolute Gasteiger partial charge is 0.154 e. The van der Waals surface area contributed by atoms with E-state index in [1.54, 1.807) is 0 Å². The SMILES string of the molecule is O=S1(=O)CCC(Oc2ccc3ccccc3c2CBr)C1. The zero-order valence-corrected chi connectivity index (χ0v) is 13.3. The van der Waals surface area contributed by atoms with E-state index >= 15 is 0 Å². The van der Waals surface area contributed by atoms with Gasteiger partial charge in [-0.05, 0) is 23.3 Å². The largest absolute Gasteiger partial charge is 0.489 e. The molecule has 1 aliphatic rings. The van der Waals surface area contributed by atoms with Gasteiger partial charge in [0.2, 0.25) is 0 Å². The number of rotatable bonds is 3. The molecule has 0 bridgehead atoms. The Hall–Kier alpha value is -1.07. The third-order valence-corrected chi connectivity index (χ3v) is 5.91. The molecule has 3 nitrogen and oxygen atoms in total. The average molecular weight is 355 g/mol. The zero-order chi connectivity index (χ0) is 14.2. The molecule has 0 aliphatic carbocycles. The molecule has 0 amide bonds. The van der Waals surface area contributed by atoms with E-state index in [1.165, 1.54) is 0 Å². The molecular formula is C15H15BrO3S. The Bertz CT molecular complexity index is 740. The highest BCUT2D eigenvalue weighted by atomic mass is 79.9. The van der Waals surface area contributed by atoms with Crippen LogP contribution in [0.15, 0.2) is 36.4 Å². The maximum atomic E-state index is 11.5. The van der Waals surface area contributed by atoms with Crippen molar-refractivity contribution in [3.63, 3.8) is 0 Å². The highest BCUT2D eigenvalue weighted by molar-refractivity contribution is 9.08. The molecule has 1 aliphatic heterocycles. The van der Waals surface area contributed by atoms with Crippen molar-refractivity contribution < 1.29 is 13.2 Å². The third kappa shape index (κ3) is 2.69. The van der Waals surface area contributed by atoms with E-state index in [0.29, 0.717) is 11.8 Å². The molecule has 0 spiro atoms. The lowest BCUT2D eigenvalue weighted by Gasteiger charge is -2.16. The van der Waals surface area contributed by atoms with Crippen LogP contribution in [0.5, 0.6) is 5.75 Å². The fourth-order valence-electron chi connectivity index (χ4n) is 2.60. The van der Waals surface area contributed by atoms with E-state index in [-0.39, 0.29) is 17.6 Å². The molecule has 1 unspecified atom stereocenters. The standard InChI is InChI=1S/C15H15BrO3S/c16-9-14-13-4-2-1-3-11(13)5-6-15(14)19-12-7-8-20(17,18)10-12/h1-6,12H,7-10H2. The van der Waals surface area contributed by atoms with Crippen LogP contribution in [0.25, 0.3) is 10.8 Å². The molecular weight excluding hydrogens is 340 g/mol. The van der Waals surface area contributed by atoms with Gasteiger partial charge in [0.15, 0.2) is 9.84 Å². The van der Waals surface area contributed by atoms with Gasteiger partial charge in [-0.1, -0.05) is 46.3 Å². The number of alkyl halides is 1. The molecule has 2 aromatic rings. The van der Waals surface area contributed by atoms with Crippen molar-refractivity contribution in [1.82, 2.24) is 0 Å². The molecule has 0 aromatic heterocycles. The Morgan fingerprint density at radius 1 is 1.20 bits per heavy atom. The lowest BCUT2D eigenvalue weighted by atomic mass is 10.0. The van der Waals surface area contributed by atoms with E-state index in [4.69, 9.17) is 4.74 Å². The summed E-state index contributed by atoms with van der Waals surface area (Å²) in [7, 11) is -2.91. The maximum absolute atomic E-state index is 11.5. The van der Waals surface area contributed by atoms with E-state index in [9.17, 15) is 8.42 Å². The molecule has 20 heavy (non-hydrogen) atoms. The summed E-state index contributed by atoms with van der Waals surface area (Å²) in [6.45, 7) is 0. The molecule has 2 aromatic carbocycles. The Morgan fingerprint density at radius 3 is 2.70 bits per heavy atom. The van der Waals surface area contributed by atoms with Crippen LogP contribution in [0.3, 0.4) is 0 Å². The summed E-state index contributed by atoms with van der Waals surface area (Å²) in [4.78, 5) is 0.